The van der Waals surface area contributed by atoms with Crippen LogP contribution in [0.15, 0.2) is 18.2 Å². The zero-order chi connectivity index (χ0) is 14.3. The third kappa shape index (κ3) is 5.52. The van der Waals surface area contributed by atoms with Crippen LogP contribution in [0.4, 0.5) is 0 Å². The molecule has 3 nitrogen and oxygen atoms in total. The first kappa shape index (κ1) is 15.8. The molecule has 0 fully saturated rings. The summed E-state index contributed by atoms with van der Waals surface area (Å²) in [4.78, 5) is 0. The van der Waals surface area contributed by atoms with E-state index in [1.807, 2.05) is 19.1 Å². The summed E-state index contributed by atoms with van der Waals surface area (Å²) in [6.45, 7) is 11.2. The highest BCUT2D eigenvalue weighted by Gasteiger charge is 2.11. The van der Waals surface area contributed by atoms with Gasteiger partial charge in [0.05, 0.1) is 13.7 Å². The van der Waals surface area contributed by atoms with E-state index in [9.17, 15) is 0 Å². The lowest BCUT2D eigenvalue weighted by Gasteiger charge is -2.19. The Morgan fingerprint density at radius 3 is 2.53 bits per heavy atom. The highest BCUT2D eigenvalue weighted by atomic mass is 16.5. The first-order valence-corrected chi connectivity index (χ1v) is 6.97. The number of rotatable bonds is 7. The maximum Gasteiger partial charge on any atom is 0.165 e. The predicted molar refractivity (Wildman–Crippen MR) is 79.9 cm³/mol. The molecule has 3 heteroatoms. The van der Waals surface area contributed by atoms with E-state index < -0.39 is 0 Å². The molecule has 1 aromatic rings. The monoisotopic (exact) mass is 265 g/mol. The number of para-hydroxylation sites is 1. The van der Waals surface area contributed by atoms with Gasteiger partial charge in [-0.3, -0.25) is 0 Å². The van der Waals surface area contributed by atoms with Crippen LogP contribution in [0.1, 0.15) is 39.7 Å². The van der Waals surface area contributed by atoms with Crippen molar-refractivity contribution in [2.24, 2.45) is 5.41 Å². The number of methoxy groups -OCH3 is 1. The zero-order valence-corrected chi connectivity index (χ0v) is 12.9. The second-order valence-electron chi connectivity index (χ2n) is 5.87. The van der Waals surface area contributed by atoms with Gasteiger partial charge in [0.2, 0.25) is 0 Å². The molecule has 0 aliphatic heterocycles. The summed E-state index contributed by atoms with van der Waals surface area (Å²) in [5.41, 5.74) is 1.51. The minimum Gasteiger partial charge on any atom is -0.493 e. The van der Waals surface area contributed by atoms with Crippen LogP contribution in [0.25, 0.3) is 0 Å². The second-order valence-corrected chi connectivity index (χ2v) is 5.87. The molecule has 0 spiro atoms. The van der Waals surface area contributed by atoms with Crippen LogP contribution in [-0.4, -0.2) is 20.3 Å². The van der Waals surface area contributed by atoms with E-state index in [1.54, 1.807) is 7.11 Å². The largest absolute Gasteiger partial charge is 0.493 e. The minimum absolute atomic E-state index is 0.365. The molecule has 0 heterocycles. The fraction of sp³-hybridized carbons (Fsp3) is 0.625. The fourth-order valence-electron chi connectivity index (χ4n) is 1.89. The number of benzene rings is 1. The summed E-state index contributed by atoms with van der Waals surface area (Å²) >= 11 is 0. The Balaban J connectivity index is 2.60. The van der Waals surface area contributed by atoms with Crippen molar-refractivity contribution in [3.8, 4) is 11.5 Å². The number of nitrogens with one attached hydrogen (secondary N) is 1. The average Bonchev–Trinajstić information content (AvgIpc) is 2.34. The predicted octanol–water partition coefficient (Wildman–Crippen LogP) is 3.62. The van der Waals surface area contributed by atoms with E-state index in [-0.39, 0.29) is 0 Å². The van der Waals surface area contributed by atoms with E-state index in [4.69, 9.17) is 9.47 Å². The standard InChI is InChI=1S/C16H27NO2/c1-6-19-14-9-7-8-13(15(14)18-5)12-17-11-10-16(2,3)4/h7-9,17H,6,10-12H2,1-5H3. The van der Waals surface area contributed by atoms with Gasteiger partial charge in [0.25, 0.3) is 0 Å². The Morgan fingerprint density at radius 1 is 1.21 bits per heavy atom. The van der Waals surface area contributed by atoms with Gasteiger partial charge in [-0.1, -0.05) is 32.9 Å². The van der Waals surface area contributed by atoms with Gasteiger partial charge in [-0.2, -0.15) is 0 Å². The van der Waals surface area contributed by atoms with Crippen LogP contribution in [0.5, 0.6) is 11.5 Å². The van der Waals surface area contributed by atoms with Crippen molar-refractivity contribution in [3.05, 3.63) is 23.8 Å². The molecule has 0 bridgehead atoms. The number of hydrogen-bond donors (Lipinski definition) is 1. The Labute approximate surface area is 117 Å². The van der Waals surface area contributed by atoms with Gasteiger partial charge < -0.3 is 14.8 Å². The van der Waals surface area contributed by atoms with Crippen molar-refractivity contribution in [1.29, 1.82) is 0 Å². The third-order valence-electron chi connectivity index (χ3n) is 2.93. The molecular formula is C16H27NO2. The molecule has 0 saturated carbocycles. The lowest BCUT2D eigenvalue weighted by atomic mass is 9.92. The molecule has 0 unspecified atom stereocenters. The molecule has 0 amide bonds. The van der Waals surface area contributed by atoms with Gasteiger partial charge in [-0.15, -0.1) is 0 Å². The van der Waals surface area contributed by atoms with Gasteiger partial charge in [-0.25, -0.2) is 0 Å². The first-order valence-electron chi connectivity index (χ1n) is 6.97. The molecule has 0 aromatic heterocycles. The Bertz CT molecular complexity index is 383. The average molecular weight is 265 g/mol. The van der Waals surface area contributed by atoms with Crippen molar-refractivity contribution < 1.29 is 9.47 Å². The molecule has 0 aliphatic carbocycles. The maximum absolute atomic E-state index is 5.58. The van der Waals surface area contributed by atoms with E-state index in [2.05, 4.69) is 32.2 Å². The van der Waals surface area contributed by atoms with Crippen molar-refractivity contribution in [1.82, 2.24) is 5.32 Å². The Morgan fingerprint density at radius 2 is 1.95 bits per heavy atom. The lowest BCUT2D eigenvalue weighted by molar-refractivity contribution is 0.308. The normalized spacial score (nSPS) is 11.4. The van der Waals surface area contributed by atoms with Gasteiger partial charge in [0, 0.05) is 12.1 Å². The van der Waals surface area contributed by atoms with Crippen LogP contribution in [0.3, 0.4) is 0 Å². The van der Waals surface area contributed by atoms with Crippen molar-refractivity contribution >= 4 is 0 Å². The molecule has 1 aromatic carbocycles. The second kappa shape index (κ2) is 7.39. The zero-order valence-electron chi connectivity index (χ0n) is 12.9. The van der Waals surface area contributed by atoms with Crippen molar-refractivity contribution in [3.63, 3.8) is 0 Å². The summed E-state index contributed by atoms with van der Waals surface area (Å²) in [6, 6.07) is 6.03. The van der Waals surface area contributed by atoms with Crippen LogP contribution >= 0.6 is 0 Å². The van der Waals surface area contributed by atoms with E-state index >= 15 is 0 Å². The summed E-state index contributed by atoms with van der Waals surface area (Å²) in [5, 5.41) is 3.47. The van der Waals surface area contributed by atoms with E-state index in [0.717, 1.165) is 36.6 Å². The van der Waals surface area contributed by atoms with Crippen LogP contribution in [0, 0.1) is 5.41 Å². The molecule has 1 N–H and O–H groups in total. The van der Waals surface area contributed by atoms with Crippen molar-refractivity contribution in [2.75, 3.05) is 20.3 Å². The molecule has 0 saturated heterocycles. The summed E-state index contributed by atoms with van der Waals surface area (Å²) in [7, 11) is 1.69. The minimum atomic E-state index is 0.365. The molecular weight excluding hydrogens is 238 g/mol. The molecule has 0 radical (unpaired) electrons. The first-order chi connectivity index (χ1) is 8.98. The molecule has 19 heavy (non-hydrogen) atoms. The number of hydrogen-bond acceptors (Lipinski definition) is 3. The highest BCUT2D eigenvalue weighted by Crippen LogP contribution is 2.31. The topological polar surface area (TPSA) is 30.5 Å². The smallest absolute Gasteiger partial charge is 0.165 e. The fourth-order valence-corrected chi connectivity index (χ4v) is 1.89. The Kier molecular flexibility index (Phi) is 6.16. The molecule has 0 atom stereocenters. The quantitative estimate of drug-likeness (QED) is 0.764. The SMILES string of the molecule is CCOc1cccc(CNCCC(C)(C)C)c1OC. The molecule has 108 valence electrons. The van der Waals surface area contributed by atoms with E-state index in [1.165, 1.54) is 0 Å². The van der Waals surface area contributed by atoms with Crippen molar-refractivity contribution in [2.45, 2.75) is 40.7 Å². The van der Waals surface area contributed by atoms with Crippen LogP contribution in [0.2, 0.25) is 0 Å². The maximum atomic E-state index is 5.58. The molecule has 0 aliphatic rings. The Hall–Kier alpha value is -1.22. The van der Waals surface area contributed by atoms with Gasteiger partial charge in [-0.05, 0) is 31.4 Å². The summed E-state index contributed by atoms with van der Waals surface area (Å²) < 4.78 is 11.0. The van der Waals surface area contributed by atoms with E-state index in [0.29, 0.717) is 12.0 Å². The summed E-state index contributed by atoms with van der Waals surface area (Å²) in [6.07, 6.45) is 1.15. The number of ether oxygens (including phenoxy) is 2. The lowest BCUT2D eigenvalue weighted by Crippen LogP contribution is -2.20. The van der Waals surface area contributed by atoms with Gasteiger partial charge >= 0.3 is 0 Å². The third-order valence-corrected chi connectivity index (χ3v) is 2.93. The highest BCUT2D eigenvalue weighted by molar-refractivity contribution is 5.46. The van der Waals surface area contributed by atoms with Gasteiger partial charge in [0.1, 0.15) is 0 Å². The van der Waals surface area contributed by atoms with Crippen LogP contribution < -0.4 is 14.8 Å². The van der Waals surface area contributed by atoms with Gasteiger partial charge in [0.15, 0.2) is 11.5 Å². The molecule has 1 rings (SSSR count). The summed E-state index contributed by atoms with van der Waals surface area (Å²) in [5.74, 6) is 1.66. The van der Waals surface area contributed by atoms with Crippen LogP contribution in [-0.2, 0) is 6.54 Å².